The van der Waals surface area contributed by atoms with Crippen molar-refractivity contribution in [2.24, 2.45) is 5.92 Å². The Morgan fingerprint density at radius 3 is 2.33 bits per heavy atom. The molecule has 0 spiro atoms. The van der Waals surface area contributed by atoms with Crippen LogP contribution < -0.4 is 0 Å². The van der Waals surface area contributed by atoms with Crippen LogP contribution in [0.15, 0.2) is 24.3 Å². The second kappa shape index (κ2) is 6.35. The summed E-state index contributed by atoms with van der Waals surface area (Å²) in [6.07, 6.45) is 3.38. The molecule has 0 radical (unpaired) electrons. The summed E-state index contributed by atoms with van der Waals surface area (Å²) in [5.41, 5.74) is 2.26. The Balaban J connectivity index is 1.74. The van der Waals surface area contributed by atoms with Gasteiger partial charge in [-0.15, -0.1) is 0 Å². The van der Waals surface area contributed by atoms with E-state index >= 15 is 0 Å². The highest BCUT2D eigenvalue weighted by atomic mass is 16.5. The summed E-state index contributed by atoms with van der Waals surface area (Å²) in [6.45, 7) is 5.54. The van der Waals surface area contributed by atoms with E-state index in [-0.39, 0.29) is 0 Å². The summed E-state index contributed by atoms with van der Waals surface area (Å²) in [6, 6.07) is 8.19. The van der Waals surface area contributed by atoms with Crippen LogP contribution in [-0.2, 0) is 4.74 Å². The van der Waals surface area contributed by atoms with Crippen molar-refractivity contribution in [1.29, 1.82) is 0 Å². The molecule has 0 amide bonds. The zero-order chi connectivity index (χ0) is 13.0. The molecular weight excluding hydrogens is 224 g/mol. The summed E-state index contributed by atoms with van der Waals surface area (Å²) in [5.74, 6) is 1.43. The fourth-order valence-electron chi connectivity index (χ4n) is 2.05. The van der Waals surface area contributed by atoms with Gasteiger partial charge in [-0.25, -0.2) is 0 Å². The van der Waals surface area contributed by atoms with E-state index in [9.17, 15) is 5.11 Å². The number of aliphatic hydroxyl groups excluding tert-OH is 1. The maximum Gasteiger partial charge on any atom is 0.102 e. The summed E-state index contributed by atoms with van der Waals surface area (Å²) in [7, 11) is 0. The molecule has 0 bridgehead atoms. The SMILES string of the molecule is CC(C)c1ccc(C(O)COCCC2CC2)cc1. The first kappa shape index (κ1) is 13.6. The van der Waals surface area contributed by atoms with Crippen molar-refractivity contribution in [2.75, 3.05) is 13.2 Å². The number of hydrogen-bond acceptors (Lipinski definition) is 2. The fourth-order valence-corrected chi connectivity index (χ4v) is 2.05. The molecule has 1 saturated carbocycles. The Hall–Kier alpha value is -0.860. The molecule has 0 aromatic heterocycles. The second-order valence-electron chi connectivity index (χ2n) is 5.64. The molecule has 2 nitrogen and oxygen atoms in total. The van der Waals surface area contributed by atoms with Crippen LogP contribution in [0.3, 0.4) is 0 Å². The Kier molecular flexibility index (Phi) is 4.79. The van der Waals surface area contributed by atoms with Crippen LogP contribution >= 0.6 is 0 Å². The molecule has 2 rings (SSSR count). The van der Waals surface area contributed by atoms with Gasteiger partial charge in [0.15, 0.2) is 0 Å². The minimum absolute atomic E-state index is 0.410. The van der Waals surface area contributed by atoms with Gasteiger partial charge in [0.2, 0.25) is 0 Å². The third-order valence-corrected chi connectivity index (χ3v) is 3.63. The first-order chi connectivity index (χ1) is 8.66. The zero-order valence-corrected chi connectivity index (χ0v) is 11.4. The normalized spacial score (nSPS) is 17.1. The van der Waals surface area contributed by atoms with Crippen molar-refractivity contribution in [2.45, 2.75) is 45.1 Å². The van der Waals surface area contributed by atoms with Gasteiger partial charge >= 0.3 is 0 Å². The van der Waals surface area contributed by atoms with Crippen molar-refractivity contribution in [3.63, 3.8) is 0 Å². The van der Waals surface area contributed by atoms with E-state index in [1.807, 2.05) is 12.1 Å². The summed E-state index contributed by atoms with van der Waals surface area (Å²) < 4.78 is 5.53. The lowest BCUT2D eigenvalue weighted by molar-refractivity contribution is 0.0336. The molecule has 1 aromatic carbocycles. The average molecular weight is 248 g/mol. The van der Waals surface area contributed by atoms with Crippen molar-refractivity contribution < 1.29 is 9.84 Å². The second-order valence-corrected chi connectivity index (χ2v) is 5.64. The maximum atomic E-state index is 10.0. The van der Waals surface area contributed by atoms with Crippen LogP contribution in [0.5, 0.6) is 0 Å². The Morgan fingerprint density at radius 2 is 1.78 bits per heavy atom. The lowest BCUT2D eigenvalue weighted by Gasteiger charge is -2.13. The van der Waals surface area contributed by atoms with Gasteiger partial charge in [0.25, 0.3) is 0 Å². The third-order valence-electron chi connectivity index (χ3n) is 3.63. The zero-order valence-electron chi connectivity index (χ0n) is 11.4. The molecule has 18 heavy (non-hydrogen) atoms. The molecule has 1 fully saturated rings. The highest BCUT2D eigenvalue weighted by Crippen LogP contribution is 2.32. The van der Waals surface area contributed by atoms with E-state index in [1.54, 1.807) is 0 Å². The van der Waals surface area contributed by atoms with Gasteiger partial charge in [0, 0.05) is 6.61 Å². The van der Waals surface area contributed by atoms with E-state index in [0.717, 1.165) is 24.5 Å². The van der Waals surface area contributed by atoms with Crippen molar-refractivity contribution in [3.8, 4) is 0 Å². The van der Waals surface area contributed by atoms with Gasteiger partial charge in [-0.1, -0.05) is 51.0 Å². The Labute approximate surface area is 110 Å². The van der Waals surface area contributed by atoms with Crippen LogP contribution in [0.25, 0.3) is 0 Å². The highest BCUT2D eigenvalue weighted by Gasteiger charge is 2.20. The number of rotatable bonds is 7. The number of aliphatic hydroxyl groups is 1. The fraction of sp³-hybridized carbons (Fsp3) is 0.625. The van der Waals surface area contributed by atoms with Gasteiger partial charge in [-0.05, 0) is 29.4 Å². The molecule has 1 unspecified atom stereocenters. The molecule has 100 valence electrons. The lowest BCUT2D eigenvalue weighted by atomic mass is 10.0. The smallest absolute Gasteiger partial charge is 0.102 e. The van der Waals surface area contributed by atoms with E-state index < -0.39 is 6.10 Å². The summed E-state index contributed by atoms with van der Waals surface area (Å²) in [5, 5.41) is 10.0. The van der Waals surface area contributed by atoms with Crippen molar-refractivity contribution >= 4 is 0 Å². The molecular formula is C16H24O2. The minimum Gasteiger partial charge on any atom is -0.386 e. The molecule has 1 aliphatic rings. The van der Waals surface area contributed by atoms with E-state index in [0.29, 0.717) is 12.5 Å². The molecule has 0 heterocycles. The van der Waals surface area contributed by atoms with Crippen molar-refractivity contribution in [3.05, 3.63) is 35.4 Å². The molecule has 1 N–H and O–H groups in total. The number of ether oxygens (including phenoxy) is 1. The first-order valence-electron chi connectivity index (χ1n) is 7.02. The topological polar surface area (TPSA) is 29.5 Å². The largest absolute Gasteiger partial charge is 0.386 e. The molecule has 1 aliphatic carbocycles. The summed E-state index contributed by atoms with van der Waals surface area (Å²) >= 11 is 0. The van der Waals surface area contributed by atoms with Gasteiger partial charge < -0.3 is 9.84 Å². The van der Waals surface area contributed by atoms with Gasteiger partial charge in [0.05, 0.1) is 6.61 Å². The van der Waals surface area contributed by atoms with Crippen LogP contribution in [-0.4, -0.2) is 18.3 Å². The van der Waals surface area contributed by atoms with E-state index in [1.165, 1.54) is 18.4 Å². The van der Waals surface area contributed by atoms with Crippen LogP contribution in [0, 0.1) is 5.92 Å². The molecule has 0 aliphatic heterocycles. The Morgan fingerprint density at radius 1 is 1.17 bits per heavy atom. The standard InChI is InChI=1S/C16H24O2/c1-12(2)14-5-7-15(8-6-14)16(17)11-18-10-9-13-3-4-13/h5-8,12-13,16-17H,3-4,9-11H2,1-2H3. The van der Waals surface area contributed by atoms with Crippen LogP contribution in [0.1, 0.15) is 56.3 Å². The van der Waals surface area contributed by atoms with Crippen LogP contribution in [0.4, 0.5) is 0 Å². The molecule has 0 saturated heterocycles. The predicted molar refractivity (Wildman–Crippen MR) is 73.7 cm³/mol. The average Bonchev–Trinajstić information content (AvgIpc) is 3.18. The lowest BCUT2D eigenvalue weighted by Crippen LogP contribution is -2.08. The van der Waals surface area contributed by atoms with Gasteiger partial charge in [-0.3, -0.25) is 0 Å². The Bertz CT molecular complexity index is 352. The highest BCUT2D eigenvalue weighted by molar-refractivity contribution is 5.26. The number of benzene rings is 1. The third kappa shape index (κ3) is 4.11. The molecule has 2 heteroatoms. The van der Waals surface area contributed by atoms with Gasteiger partial charge in [-0.2, -0.15) is 0 Å². The minimum atomic E-state index is -0.495. The van der Waals surface area contributed by atoms with Gasteiger partial charge in [0.1, 0.15) is 6.10 Å². The number of hydrogen-bond donors (Lipinski definition) is 1. The quantitative estimate of drug-likeness (QED) is 0.746. The summed E-state index contributed by atoms with van der Waals surface area (Å²) in [4.78, 5) is 0. The monoisotopic (exact) mass is 248 g/mol. The molecule has 1 aromatic rings. The van der Waals surface area contributed by atoms with Crippen molar-refractivity contribution in [1.82, 2.24) is 0 Å². The van der Waals surface area contributed by atoms with E-state index in [2.05, 4.69) is 26.0 Å². The predicted octanol–water partition coefficient (Wildman–Crippen LogP) is 3.66. The van der Waals surface area contributed by atoms with Crippen LogP contribution in [0.2, 0.25) is 0 Å². The van der Waals surface area contributed by atoms with E-state index in [4.69, 9.17) is 4.74 Å². The maximum absolute atomic E-state index is 10.0. The first-order valence-corrected chi connectivity index (χ1v) is 7.02. The molecule has 1 atom stereocenters.